The van der Waals surface area contributed by atoms with Crippen molar-refractivity contribution >= 4 is 11.3 Å². The van der Waals surface area contributed by atoms with Crippen molar-refractivity contribution in [2.24, 2.45) is 0 Å². The molecule has 0 spiro atoms. The minimum Gasteiger partial charge on any atom is -0.381 e. The Balaban J connectivity index is 2.35. The predicted molar refractivity (Wildman–Crippen MR) is 64.5 cm³/mol. The maximum atomic E-state index is 5.22. The maximum absolute atomic E-state index is 5.22. The topological polar surface area (TPSA) is 34.1 Å². The molecule has 3 nitrogen and oxygen atoms in total. The summed E-state index contributed by atoms with van der Waals surface area (Å²) in [5, 5.41) is 6.62. The Morgan fingerprint density at radius 3 is 3.07 bits per heavy atom. The second-order valence-electron chi connectivity index (χ2n) is 3.59. The van der Waals surface area contributed by atoms with E-state index in [0.717, 1.165) is 25.9 Å². The Morgan fingerprint density at radius 1 is 1.60 bits per heavy atom. The van der Waals surface area contributed by atoms with E-state index in [0.29, 0.717) is 0 Å². The molecule has 1 aromatic rings. The summed E-state index contributed by atoms with van der Waals surface area (Å²) in [7, 11) is 1.74. The van der Waals surface area contributed by atoms with E-state index in [1.54, 1.807) is 18.4 Å². The minimum absolute atomic E-state index is 0.262. The molecule has 0 radical (unpaired) electrons. The van der Waals surface area contributed by atoms with E-state index in [1.807, 2.05) is 0 Å². The first kappa shape index (κ1) is 12.6. The molecule has 0 fully saturated rings. The Labute approximate surface area is 95.9 Å². The van der Waals surface area contributed by atoms with Gasteiger partial charge < -0.3 is 10.1 Å². The Kier molecular flexibility index (Phi) is 5.83. The lowest BCUT2D eigenvalue weighted by molar-refractivity contribution is 0.118. The number of methoxy groups -OCH3 is 1. The van der Waals surface area contributed by atoms with Gasteiger partial charge in [0.1, 0.15) is 0 Å². The van der Waals surface area contributed by atoms with Crippen molar-refractivity contribution in [3.63, 3.8) is 0 Å². The smallest absolute Gasteiger partial charge is 0.0954 e. The largest absolute Gasteiger partial charge is 0.381 e. The van der Waals surface area contributed by atoms with Gasteiger partial charge in [0.05, 0.1) is 16.8 Å². The molecule has 0 saturated carbocycles. The summed E-state index contributed by atoms with van der Waals surface area (Å²) in [5.41, 5.74) is 1.19. The van der Waals surface area contributed by atoms with Crippen LogP contribution in [0.4, 0.5) is 0 Å². The molecule has 1 rings (SSSR count). The Hall–Kier alpha value is -0.450. The molecule has 0 aliphatic heterocycles. The van der Waals surface area contributed by atoms with Crippen molar-refractivity contribution in [1.82, 2.24) is 10.3 Å². The van der Waals surface area contributed by atoms with Crippen LogP contribution in [0.1, 0.15) is 24.5 Å². The van der Waals surface area contributed by atoms with Crippen molar-refractivity contribution in [2.45, 2.75) is 32.8 Å². The number of thiazole rings is 1. The van der Waals surface area contributed by atoms with E-state index in [1.165, 1.54) is 10.7 Å². The van der Waals surface area contributed by atoms with E-state index >= 15 is 0 Å². The van der Waals surface area contributed by atoms with Crippen molar-refractivity contribution in [2.75, 3.05) is 20.2 Å². The van der Waals surface area contributed by atoms with Crippen LogP contribution in [0.15, 0.2) is 5.38 Å². The van der Waals surface area contributed by atoms with Gasteiger partial charge in [-0.2, -0.15) is 0 Å². The summed E-state index contributed by atoms with van der Waals surface area (Å²) >= 11 is 1.73. The highest BCUT2D eigenvalue weighted by atomic mass is 32.1. The quantitative estimate of drug-likeness (QED) is 0.723. The number of hydrogen-bond donors (Lipinski definition) is 1. The zero-order valence-corrected chi connectivity index (χ0v) is 10.6. The van der Waals surface area contributed by atoms with E-state index in [4.69, 9.17) is 4.74 Å². The SMILES string of the molecule is CCNCCc1csc(CC(C)OC)n1. The van der Waals surface area contributed by atoms with E-state index in [9.17, 15) is 0 Å². The second-order valence-corrected chi connectivity index (χ2v) is 4.53. The van der Waals surface area contributed by atoms with Crippen LogP contribution in [0.2, 0.25) is 0 Å². The number of aromatic nitrogens is 1. The third kappa shape index (κ3) is 4.73. The van der Waals surface area contributed by atoms with Crippen molar-refractivity contribution in [1.29, 1.82) is 0 Å². The average Bonchev–Trinajstić information content (AvgIpc) is 2.66. The number of hydrogen-bond acceptors (Lipinski definition) is 4. The van der Waals surface area contributed by atoms with Crippen molar-refractivity contribution < 1.29 is 4.74 Å². The molecule has 0 bridgehead atoms. The zero-order chi connectivity index (χ0) is 11.1. The molecule has 0 aliphatic carbocycles. The molecule has 4 heteroatoms. The zero-order valence-electron chi connectivity index (χ0n) is 9.75. The fraction of sp³-hybridized carbons (Fsp3) is 0.727. The maximum Gasteiger partial charge on any atom is 0.0954 e. The number of nitrogens with one attached hydrogen (secondary N) is 1. The standard InChI is InChI=1S/C11H20N2OS/c1-4-12-6-5-10-8-15-11(13-10)7-9(2)14-3/h8-9,12H,4-7H2,1-3H3. The van der Waals surface area contributed by atoms with Crippen LogP contribution >= 0.6 is 11.3 Å². The highest BCUT2D eigenvalue weighted by Crippen LogP contribution is 2.13. The van der Waals surface area contributed by atoms with Gasteiger partial charge >= 0.3 is 0 Å². The van der Waals surface area contributed by atoms with Gasteiger partial charge in [0.2, 0.25) is 0 Å². The molecule has 1 unspecified atom stereocenters. The van der Waals surface area contributed by atoms with E-state index in [2.05, 4.69) is 29.5 Å². The van der Waals surface area contributed by atoms with Crippen LogP contribution in [0, 0.1) is 0 Å². The highest BCUT2D eigenvalue weighted by molar-refractivity contribution is 7.09. The molecule has 1 atom stereocenters. The lowest BCUT2D eigenvalue weighted by Gasteiger charge is -2.05. The lowest BCUT2D eigenvalue weighted by atomic mass is 10.3. The van der Waals surface area contributed by atoms with E-state index in [-0.39, 0.29) is 6.10 Å². The van der Waals surface area contributed by atoms with Gasteiger partial charge in [0.25, 0.3) is 0 Å². The van der Waals surface area contributed by atoms with Gasteiger partial charge in [0.15, 0.2) is 0 Å². The fourth-order valence-corrected chi connectivity index (χ4v) is 2.22. The summed E-state index contributed by atoms with van der Waals surface area (Å²) in [6.07, 6.45) is 2.20. The minimum atomic E-state index is 0.262. The summed E-state index contributed by atoms with van der Waals surface area (Å²) in [6.45, 7) is 6.23. The van der Waals surface area contributed by atoms with Crippen molar-refractivity contribution in [3.05, 3.63) is 16.1 Å². The van der Waals surface area contributed by atoms with Gasteiger partial charge in [-0.05, 0) is 13.5 Å². The number of likely N-dealkylation sites (N-methyl/N-ethyl adjacent to an activating group) is 1. The number of ether oxygens (including phenoxy) is 1. The van der Waals surface area contributed by atoms with Gasteiger partial charge in [0, 0.05) is 31.9 Å². The third-order valence-electron chi connectivity index (χ3n) is 2.27. The van der Waals surface area contributed by atoms with Crippen LogP contribution in [0.3, 0.4) is 0 Å². The van der Waals surface area contributed by atoms with Crippen LogP contribution in [-0.4, -0.2) is 31.3 Å². The van der Waals surface area contributed by atoms with Crippen molar-refractivity contribution in [3.8, 4) is 0 Å². The first-order valence-corrected chi connectivity index (χ1v) is 6.31. The highest BCUT2D eigenvalue weighted by Gasteiger charge is 2.06. The lowest BCUT2D eigenvalue weighted by Crippen LogP contribution is -2.16. The van der Waals surface area contributed by atoms with Gasteiger partial charge in [-0.1, -0.05) is 6.92 Å². The molecule has 86 valence electrons. The first-order valence-electron chi connectivity index (χ1n) is 5.43. The summed E-state index contributed by atoms with van der Waals surface area (Å²) < 4.78 is 5.22. The molecule has 0 amide bonds. The molecule has 0 aliphatic rings. The first-order chi connectivity index (χ1) is 7.26. The summed E-state index contributed by atoms with van der Waals surface area (Å²) in [6, 6.07) is 0. The molecular weight excluding hydrogens is 208 g/mol. The Morgan fingerprint density at radius 2 is 2.40 bits per heavy atom. The summed E-state index contributed by atoms with van der Waals surface area (Å²) in [4.78, 5) is 4.57. The number of rotatable bonds is 7. The molecule has 0 aromatic carbocycles. The van der Waals surface area contributed by atoms with Crippen LogP contribution in [-0.2, 0) is 17.6 Å². The van der Waals surface area contributed by atoms with Crippen LogP contribution < -0.4 is 5.32 Å². The predicted octanol–water partition coefficient (Wildman–Crippen LogP) is 1.87. The molecular formula is C11H20N2OS. The number of nitrogens with zero attached hydrogens (tertiary/aromatic N) is 1. The molecule has 0 saturated heterocycles. The van der Waals surface area contributed by atoms with Crippen LogP contribution in [0.5, 0.6) is 0 Å². The molecule has 1 N–H and O–H groups in total. The third-order valence-corrected chi connectivity index (χ3v) is 3.19. The Bertz CT molecular complexity index is 275. The average molecular weight is 228 g/mol. The molecule has 1 heterocycles. The monoisotopic (exact) mass is 228 g/mol. The van der Waals surface area contributed by atoms with Gasteiger partial charge in [-0.25, -0.2) is 4.98 Å². The summed E-state index contributed by atoms with van der Waals surface area (Å²) in [5.74, 6) is 0. The molecule has 1 aromatic heterocycles. The fourth-order valence-electron chi connectivity index (χ4n) is 1.28. The van der Waals surface area contributed by atoms with Gasteiger partial charge in [-0.3, -0.25) is 0 Å². The van der Waals surface area contributed by atoms with Gasteiger partial charge in [-0.15, -0.1) is 11.3 Å². The van der Waals surface area contributed by atoms with E-state index < -0.39 is 0 Å². The molecule has 15 heavy (non-hydrogen) atoms. The second kappa shape index (κ2) is 6.93. The van der Waals surface area contributed by atoms with Crippen LogP contribution in [0.25, 0.3) is 0 Å². The normalized spacial score (nSPS) is 13.0.